The van der Waals surface area contributed by atoms with E-state index >= 15 is 0 Å². The van der Waals surface area contributed by atoms with Gasteiger partial charge >= 0.3 is 5.69 Å². The molecule has 1 aromatic heterocycles. The number of nitrogen functional groups attached to an aromatic ring is 1. The molecular formula is C13H22N6O4. The van der Waals surface area contributed by atoms with Crippen LogP contribution in [0.3, 0.4) is 0 Å². The maximum absolute atomic E-state index is 11.3. The quantitative estimate of drug-likeness (QED) is 0.351. The van der Waals surface area contributed by atoms with E-state index < -0.39 is 4.92 Å². The fourth-order valence-electron chi connectivity index (χ4n) is 2.44. The normalized spacial score (nSPS) is 14.7. The first-order chi connectivity index (χ1) is 11.1. The molecule has 10 nitrogen and oxygen atoms in total. The number of nitrogens with two attached hydrogens (primary N) is 1. The van der Waals surface area contributed by atoms with Crippen LogP contribution in [0, 0.1) is 10.1 Å². The van der Waals surface area contributed by atoms with Crippen LogP contribution in [-0.4, -0.2) is 59.5 Å². The van der Waals surface area contributed by atoms with Gasteiger partial charge in [0.15, 0.2) is 0 Å². The van der Waals surface area contributed by atoms with Crippen molar-refractivity contribution >= 4 is 23.3 Å². The van der Waals surface area contributed by atoms with E-state index in [2.05, 4.69) is 15.3 Å². The Bertz CT molecular complexity index is 535. The fraction of sp³-hybridized carbons (Fsp3) is 0.692. The zero-order chi connectivity index (χ0) is 16.7. The second kappa shape index (κ2) is 8.44. The molecule has 0 unspecified atom stereocenters. The molecular weight excluding hydrogens is 304 g/mol. The molecule has 0 aromatic carbocycles. The van der Waals surface area contributed by atoms with Gasteiger partial charge in [0.25, 0.3) is 0 Å². The maximum atomic E-state index is 11.3. The Balaban J connectivity index is 2.14. The average molecular weight is 326 g/mol. The van der Waals surface area contributed by atoms with Gasteiger partial charge in [-0.1, -0.05) is 0 Å². The second-order valence-electron chi connectivity index (χ2n) is 5.17. The van der Waals surface area contributed by atoms with E-state index in [0.29, 0.717) is 13.2 Å². The number of hydrogen-bond donors (Lipinski definition) is 3. The zero-order valence-electron chi connectivity index (χ0n) is 12.9. The molecule has 0 radical (unpaired) electrons. The molecule has 128 valence electrons. The summed E-state index contributed by atoms with van der Waals surface area (Å²) in [5.41, 5.74) is 5.52. The molecule has 0 spiro atoms. The third kappa shape index (κ3) is 4.63. The monoisotopic (exact) mass is 326 g/mol. The molecule has 1 fully saturated rings. The topological polar surface area (TPSA) is 140 Å². The molecule has 0 bridgehead atoms. The molecule has 1 saturated heterocycles. The Morgan fingerprint density at radius 1 is 1.30 bits per heavy atom. The van der Waals surface area contributed by atoms with Crippen molar-refractivity contribution in [3.05, 3.63) is 10.1 Å². The average Bonchev–Trinajstić information content (AvgIpc) is 2.54. The number of aliphatic hydroxyl groups is 1. The summed E-state index contributed by atoms with van der Waals surface area (Å²) in [6.07, 6.45) is 3.05. The van der Waals surface area contributed by atoms with E-state index in [1.807, 2.05) is 4.90 Å². The standard InChI is InChI=1S/C13H22N6O4/c14-11-10(19(21)22)12(18-5-2-1-3-6-18)17-13(16-11)15-4-8-23-9-7-20/h20H,1-9H2,(H3,14,15,16,17). The van der Waals surface area contributed by atoms with E-state index in [4.69, 9.17) is 15.6 Å². The summed E-state index contributed by atoms with van der Waals surface area (Å²) in [5, 5.41) is 22.8. The largest absolute Gasteiger partial charge is 0.394 e. The first-order valence-electron chi connectivity index (χ1n) is 7.63. The summed E-state index contributed by atoms with van der Waals surface area (Å²) in [4.78, 5) is 20.9. The van der Waals surface area contributed by atoms with Gasteiger partial charge in [-0.15, -0.1) is 0 Å². The minimum absolute atomic E-state index is 0.0416. The van der Waals surface area contributed by atoms with Crippen LogP contribution >= 0.6 is 0 Å². The molecule has 10 heteroatoms. The highest BCUT2D eigenvalue weighted by Crippen LogP contribution is 2.33. The summed E-state index contributed by atoms with van der Waals surface area (Å²) in [6, 6.07) is 0. The third-order valence-corrected chi connectivity index (χ3v) is 3.50. The molecule has 0 amide bonds. The van der Waals surface area contributed by atoms with Crippen molar-refractivity contribution in [3.8, 4) is 0 Å². The van der Waals surface area contributed by atoms with Gasteiger partial charge in [0.1, 0.15) is 0 Å². The summed E-state index contributed by atoms with van der Waals surface area (Å²) < 4.78 is 5.13. The number of ether oxygens (including phenoxy) is 1. The molecule has 1 aliphatic rings. The van der Waals surface area contributed by atoms with E-state index in [9.17, 15) is 10.1 Å². The van der Waals surface area contributed by atoms with Gasteiger partial charge in [0.2, 0.25) is 17.6 Å². The lowest BCUT2D eigenvalue weighted by atomic mass is 10.1. The van der Waals surface area contributed by atoms with E-state index in [0.717, 1.165) is 32.4 Å². The molecule has 23 heavy (non-hydrogen) atoms. The van der Waals surface area contributed by atoms with Crippen molar-refractivity contribution in [3.63, 3.8) is 0 Å². The fourth-order valence-corrected chi connectivity index (χ4v) is 2.44. The van der Waals surface area contributed by atoms with Crippen molar-refractivity contribution in [2.75, 3.05) is 55.4 Å². The predicted octanol–water partition coefficient (Wildman–Crippen LogP) is 0.378. The Kier molecular flexibility index (Phi) is 6.29. The Morgan fingerprint density at radius 2 is 2.04 bits per heavy atom. The Hall–Kier alpha value is -2.20. The lowest BCUT2D eigenvalue weighted by Gasteiger charge is -2.27. The highest BCUT2D eigenvalue weighted by atomic mass is 16.6. The first-order valence-corrected chi connectivity index (χ1v) is 7.63. The van der Waals surface area contributed by atoms with Gasteiger partial charge in [-0.05, 0) is 19.3 Å². The maximum Gasteiger partial charge on any atom is 0.353 e. The predicted molar refractivity (Wildman–Crippen MR) is 85.6 cm³/mol. The van der Waals surface area contributed by atoms with E-state index in [-0.39, 0.29) is 36.5 Å². The number of aliphatic hydroxyl groups excluding tert-OH is 1. The van der Waals surface area contributed by atoms with Gasteiger partial charge < -0.3 is 25.8 Å². The van der Waals surface area contributed by atoms with Gasteiger partial charge in [-0.2, -0.15) is 9.97 Å². The van der Waals surface area contributed by atoms with Crippen LogP contribution in [0.1, 0.15) is 19.3 Å². The van der Waals surface area contributed by atoms with Gasteiger partial charge in [-0.3, -0.25) is 10.1 Å². The number of hydrogen-bond acceptors (Lipinski definition) is 9. The number of nitrogens with one attached hydrogen (secondary N) is 1. The van der Waals surface area contributed by atoms with Crippen LogP contribution in [0.5, 0.6) is 0 Å². The lowest BCUT2D eigenvalue weighted by Crippen LogP contribution is -2.31. The lowest BCUT2D eigenvalue weighted by molar-refractivity contribution is -0.383. The second-order valence-corrected chi connectivity index (χ2v) is 5.17. The number of nitro groups is 1. The molecule has 0 atom stereocenters. The molecule has 2 heterocycles. The highest BCUT2D eigenvalue weighted by molar-refractivity contribution is 5.71. The molecule has 2 rings (SSSR count). The summed E-state index contributed by atoms with van der Waals surface area (Å²) in [5.74, 6) is 0.353. The van der Waals surface area contributed by atoms with E-state index in [1.165, 1.54) is 0 Å². The van der Waals surface area contributed by atoms with E-state index in [1.54, 1.807) is 0 Å². The minimum atomic E-state index is -0.534. The van der Waals surface area contributed by atoms with Crippen LogP contribution < -0.4 is 16.0 Å². The van der Waals surface area contributed by atoms with Crippen LogP contribution in [0.15, 0.2) is 0 Å². The number of rotatable bonds is 8. The first kappa shape index (κ1) is 17.2. The third-order valence-electron chi connectivity index (χ3n) is 3.50. The smallest absolute Gasteiger partial charge is 0.353 e. The van der Waals surface area contributed by atoms with Gasteiger partial charge in [-0.25, -0.2) is 0 Å². The number of anilines is 3. The van der Waals surface area contributed by atoms with Crippen molar-refractivity contribution in [1.82, 2.24) is 9.97 Å². The Labute approximate surface area is 133 Å². The van der Waals surface area contributed by atoms with Crippen molar-refractivity contribution in [1.29, 1.82) is 0 Å². The van der Waals surface area contributed by atoms with Crippen LogP contribution in [0.25, 0.3) is 0 Å². The molecule has 4 N–H and O–H groups in total. The van der Waals surface area contributed by atoms with Crippen molar-refractivity contribution in [2.45, 2.75) is 19.3 Å². The molecule has 0 saturated carbocycles. The van der Waals surface area contributed by atoms with Crippen LogP contribution in [-0.2, 0) is 4.74 Å². The SMILES string of the molecule is Nc1nc(NCCOCCO)nc(N2CCCCC2)c1[N+](=O)[O-]. The van der Waals surface area contributed by atoms with Crippen molar-refractivity contribution in [2.24, 2.45) is 0 Å². The number of aromatic nitrogens is 2. The number of piperidine rings is 1. The van der Waals surface area contributed by atoms with Crippen LogP contribution in [0.2, 0.25) is 0 Å². The Morgan fingerprint density at radius 3 is 2.70 bits per heavy atom. The zero-order valence-corrected chi connectivity index (χ0v) is 12.9. The summed E-state index contributed by atoms with van der Waals surface area (Å²) >= 11 is 0. The van der Waals surface area contributed by atoms with Gasteiger partial charge in [0, 0.05) is 19.6 Å². The van der Waals surface area contributed by atoms with Gasteiger partial charge in [0.05, 0.1) is 24.7 Å². The summed E-state index contributed by atoms with van der Waals surface area (Å²) in [6.45, 7) is 2.42. The van der Waals surface area contributed by atoms with Crippen molar-refractivity contribution < 1.29 is 14.8 Å². The summed E-state index contributed by atoms with van der Waals surface area (Å²) in [7, 11) is 0. The number of nitrogens with zero attached hydrogens (tertiary/aromatic N) is 4. The molecule has 1 aliphatic heterocycles. The van der Waals surface area contributed by atoms with Crippen LogP contribution in [0.4, 0.5) is 23.3 Å². The minimum Gasteiger partial charge on any atom is -0.394 e. The molecule has 0 aliphatic carbocycles. The highest BCUT2D eigenvalue weighted by Gasteiger charge is 2.28. The molecule has 1 aromatic rings.